The molecule has 2 N–H and O–H groups in total. The average molecular weight is 375 g/mol. The lowest BCUT2D eigenvalue weighted by Crippen LogP contribution is -2.21. The van der Waals surface area contributed by atoms with Crippen LogP contribution in [0.15, 0.2) is 23.8 Å². The molecule has 0 spiro atoms. The van der Waals surface area contributed by atoms with Crippen LogP contribution in [0.5, 0.6) is 0 Å². The first-order valence-corrected chi connectivity index (χ1v) is 10.8. The van der Waals surface area contributed by atoms with E-state index in [1.54, 1.807) is 6.92 Å². The Balaban J connectivity index is 1.52. The normalized spacial score (nSPS) is 32.7. The predicted molar refractivity (Wildman–Crippen MR) is 105 cm³/mol. The number of carbonyl (C=O) groups excluding carboxylic acids is 1. The van der Waals surface area contributed by atoms with E-state index in [4.69, 9.17) is 5.11 Å². The van der Waals surface area contributed by atoms with E-state index in [1.165, 1.54) is 37.7 Å². The molecule has 150 valence electrons. The third-order valence-corrected chi connectivity index (χ3v) is 7.16. The van der Waals surface area contributed by atoms with Gasteiger partial charge in [-0.25, -0.2) is 4.79 Å². The summed E-state index contributed by atoms with van der Waals surface area (Å²) in [7, 11) is 0. The highest BCUT2D eigenvalue weighted by Crippen LogP contribution is 2.50. The number of carbonyl (C=O) groups is 2. The van der Waals surface area contributed by atoms with Gasteiger partial charge in [-0.3, -0.25) is 4.79 Å². The van der Waals surface area contributed by atoms with Crippen LogP contribution in [-0.4, -0.2) is 28.1 Å². The molecule has 0 heterocycles. The van der Waals surface area contributed by atoms with Gasteiger partial charge in [-0.05, 0) is 68.6 Å². The Hall–Kier alpha value is -1.42. The van der Waals surface area contributed by atoms with Gasteiger partial charge in [-0.1, -0.05) is 50.0 Å². The first kappa shape index (κ1) is 20.3. The molecule has 5 atom stereocenters. The highest BCUT2D eigenvalue weighted by atomic mass is 16.4. The Morgan fingerprint density at radius 1 is 1.11 bits per heavy atom. The van der Waals surface area contributed by atoms with Gasteiger partial charge in [0.25, 0.3) is 0 Å². The van der Waals surface area contributed by atoms with Crippen LogP contribution >= 0.6 is 0 Å². The summed E-state index contributed by atoms with van der Waals surface area (Å²) in [5.74, 6) is -0.110. The van der Waals surface area contributed by atoms with E-state index in [2.05, 4.69) is 18.2 Å². The minimum Gasteiger partial charge on any atom is -0.475 e. The molecule has 27 heavy (non-hydrogen) atoms. The minimum absolute atomic E-state index is 0.288. The van der Waals surface area contributed by atoms with Crippen LogP contribution in [0, 0.1) is 29.6 Å². The first-order chi connectivity index (χ1) is 13.0. The number of Topliss-reactive ketones (excluding diaryl/α,β-unsaturated/α-hetero) is 1. The Bertz CT molecular complexity index is 599. The maximum Gasteiger partial charge on any atom is 0.372 e. The zero-order valence-electron chi connectivity index (χ0n) is 16.5. The highest BCUT2D eigenvalue weighted by Gasteiger charge is 2.40. The molecule has 0 aromatic heterocycles. The maximum absolute atomic E-state index is 11.5. The molecular formula is C23H34O4. The fourth-order valence-electron chi connectivity index (χ4n) is 5.43. The fourth-order valence-corrected chi connectivity index (χ4v) is 5.43. The molecule has 1 unspecified atom stereocenters. The standard InChI is InChI=1S/C23H34O4/c1-15(22(25)23(26)27)7-8-16-13-19-10-9-17(20(19)14-16)11-12-21(24)18-5-3-2-4-6-18/h8,11-12,15,17-21,24H,2-7,9-10,13-14H2,1H3,(H,26,27)/b12-11+,16-8+/t15?,17-,19+,20-,21-/m1/s1. The van der Waals surface area contributed by atoms with E-state index in [0.717, 1.165) is 25.7 Å². The lowest BCUT2D eigenvalue weighted by atomic mass is 9.84. The van der Waals surface area contributed by atoms with Crippen LogP contribution in [0.2, 0.25) is 0 Å². The SMILES string of the molecule is CC(C/C=C1\C[C@@H]2CC[C@H](/C=C/[C@@H](O)C3CCCCC3)[C@H]2C1)C(=O)C(=O)O. The number of hydrogen-bond donors (Lipinski definition) is 2. The van der Waals surface area contributed by atoms with Crippen LogP contribution < -0.4 is 0 Å². The number of fused-ring (bicyclic) bond motifs is 1. The van der Waals surface area contributed by atoms with E-state index in [9.17, 15) is 14.7 Å². The number of carboxylic acids is 1. The summed E-state index contributed by atoms with van der Waals surface area (Å²) in [5.41, 5.74) is 1.39. The van der Waals surface area contributed by atoms with Crippen molar-refractivity contribution in [3.63, 3.8) is 0 Å². The lowest BCUT2D eigenvalue weighted by Gasteiger charge is -2.25. The Morgan fingerprint density at radius 3 is 2.56 bits per heavy atom. The molecule has 4 heteroatoms. The molecule has 3 aliphatic carbocycles. The van der Waals surface area contributed by atoms with Crippen molar-refractivity contribution in [2.45, 2.75) is 77.2 Å². The monoisotopic (exact) mass is 374 g/mol. The third-order valence-electron chi connectivity index (χ3n) is 7.16. The Kier molecular flexibility index (Phi) is 6.91. The summed E-state index contributed by atoms with van der Waals surface area (Å²) in [5, 5.41) is 19.3. The number of rotatable bonds is 7. The van der Waals surface area contributed by atoms with Crippen molar-refractivity contribution in [1.82, 2.24) is 0 Å². The summed E-state index contributed by atoms with van der Waals surface area (Å²) >= 11 is 0. The van der Waals surface area contributed by atoms with Gasteiger partial charge in [0.15, 0.2) is 0 Å². The van der Waals surface area contributed by atoms with Gasteiger partial charge in [0.2, 0.25) is 5.78 Å². The molecular weight excluding hydrogens is 340 g/mol. The second-order valence-corrected chi connectivity index (χ2v) is 9.02. The second kappa shape index (κ2) is 9.18. The van der Waals surface area contributed by atoms with Gasteiger partial charge in [-0.2, -0.15) is 0 Å². The number of carboxylic acid groups (broad SMARTS) is 1. The molecule has 0 bridgehead atoms. The van der Waals surface area contributed by atoms with Crippen molar-refractivity contribution in [2.75, 3.05) is 0 Å². The van der Waals surface area contributed by atoms with E-state index in [0.29, 0.717) is 30.1 Å². The number of allylic oxidation sites excluding steroid dienone is 3. The van der Waals surface area contributed by atoms with Gasteiger partial charge in [0, 0.05) is 5.92 Å². The number of hydrogen-bond acceptors (Lipinski definition) is 3. The largest absolute Gasteiger partial charge is 0.475 e. The average Bonchev–Trinajstić information content (AvgIpc) is 3.24. The molecule has 0 radical (unpaired) electrons. The van der Waals surface area contributed by atoms with Crippen LogP contribution in [-0.2, 0) is 9.59 Å². The maximum atomic E-state index is 11.5. The van der Waals surface area contributed by atoms with E-state index >= 15 is 0 Å². The smallest absolute Gasteiger partial charge is 0.372 e. The van der Waals surface area contributed by atoms with Gasteiger partial charge in [0.05, 0.1) is 6.10 Å². The molecule has 3 aliphatic rings. The van der Waals surface area contributed by atoms with Crippen LogP contribution in [0.3, 0.4) is 0 Å². The van der Waals surface area contributed by atoms with Crippen LogP contribution in [0.1, 0.15) is 71.1 Å². The van der Waals surface area contributed by atoms with Gasteiger partial charge >= 0.3 is 5.97 Å². The zero-order valence-corrected chi connectivity index (χ0v) is 16.5. The third kappa shape index (κ3) is 5.10. The van der Waals surface area contributed by atoms with Crippen molar-refractivity contribution < 1.29 is 19.8 Å². The topological polar surface area (TPSA) is 74.6 Å². The minimum atomic E-state index is -1.33. The van der Waals surface area contributed by atoms with Crippen LogP contribution in [0.4, 0.5) is 0 Å². The van der Waals surface area contributed by atoms with Gasteiger partial charge in [0.1, 0.15) is 0 Å². The number of ketones is 1. The summed E-state index contributed by atoms with van der Waals surface area (Å²) in [6.07, 6.45) is 17.4. The highest BCUT2D eigenvalue weighted by molar-refractivity contribution is 6.33. The van der Waals surface area contributed by atoms with Crippen molar-refractivity contribution in [1.29, 1.82) is 0 Å². The quantitative estimate of drug-likeness (QED) is 0.507. The first-order valence-electron chi connectivity index (χ1n) is 10.8. The van der Waals surface area contributed by atoms with Crippen LogP contribution in [0.25, 0.3) is 0 Å². The Labute approximate surface area is 162 Å². The molecule has 4 nitrogen and oxygen atoms in total. The molecule has 0 aromatic rings. The van der Waals surface area contributed by atoms with Gasteiger partial charge < -0.3 is 10.2 Å². The number of aliphatic carboxylic acids is 1. The number of aliphatic hydroxyl groups excluding tert-OH is 1. The van der Waals surface area contributed by atoms with Crippen molar-refractivity contribution in [3.8, 4) is 0 Å². The van der Waals surface area contributed by atoms with Crippen molar-refractivity contribution in [2.24, 2.45) is 29.6 Å². The summed E-state index contributed by atoms with van der Waals surface area (Å²) in [4.78, 5) is 22.3. The number of aliphatic hydroxyl groups is 1. The lowest BCUT2D eigenvalue weighted by molar-refractivity contribution is -0.150. The summed E-state index contributed by atoms with van der Waals surface area (Å²) in [6, 6.07) is 0. The predicted octanol–water partition coefficient (Wildman–Crippen LogP) is 4.53. The van der Waals surface area contributed by atoms with E-state index < -0.39 is 17.7 Å². The molecule has 0 amide bonds. The molecule has 3 saturated carbocycles. The Morgan fingerprint density at radius 2 is 1.85 bits per heavy atom. The van der Waals surface area contributed by atoms with E-state index in [1.807, 2.05) is 0 Å². The molecule has 0 saturated heterocycles. The summed E-state index contributed by atoms with van der Waals surface area (Å²) in [6.45, 7) is 1.70. The van der Waals surface area contributed by atoms with Crippen molar-refractivity contribution in [3.05, 3.63) is 23.8 Å². The van der Waals surface area contributed by atoms with Crippen molar-refractivity contribution >= 4 is 11.8 Å². The molecule has 3 fully saturated rings. The summed E-state index contributed by atoms with van der Waals surface area (Å²) < 4.78 is 0. The molecule has 0 aromatic carbocycles. The van der Waals surface area contributed by atoms with Gasteiger partial charge in [-0.15, -0.1) is 0 Å². The zero-order chi connectivity index (χ0) is 19.4. The molecule has 3 rings (SSSR count). The van der Waals surface area contributed by atoms with E-state index in [-0.39, 0.29) is 6.10 Å². The fraction of sp³-hybridized carbons (Fsp3) is 0.739. The second-order valence-electron chi connectivity index (χ2n) is 9.02. The molecule has 0 aliphatic heterocycles.